The van der Waals surface area contributed by atoms with E-state index in [1.54, 1.807) is 43.3 Å². The van der Waals surface area contributed by atoms with E-state index in [9.17, 15) is 34.4 Å². The number of fused-ring (bicyclic) bond motifs is 4. The average molecular weight is 612 g/mol. The number of carbonyl (C=O) groups excluding carboxylic acids is 4. The number of para-hydroxylation sites is 1. The fraction of sp³-hybridized carbons (Fsp3) is 0.273. The number of imide groups is 2. The number of hydrogen-bond donors (Lipinski definition) is 1. The van der Waals surface area contributed by atoms with Crippen LogP contribution in [0, 0.1) is 39.2 Å². The number of amides is 4. The number of aromatic hydroxyl groups is 1. The minimum absolute atomic E-state index is 0.0607. The summed E-state index contributed by atoms with van der Waals surface area (Å²) in [6.07, 6.45) is 2.27. The van der Waals surface area contributed by atoms with Crippen molar-refractivity contribution >= 4 is 52.3 Å². The van der Waals surface area contributed by atoms with Crippen molar-refractivity contribution in [3.05, 3.63) is 105 Å². The quantitative estimate of drug-likeness (QED) is 0.181. The maximum Gasteiger partial charge on any atom is 0.271 e. The molecule has 2 aliphatic heterocycles. The van der Waals surface area contributed by atoms with Crippen molar-refractivity contribution in [2.24, 2.45) is 29.1 Å². The average Bonchev–Trinajstić information content (AvgIpc) is 3.37. The van der Waals surface area contributed by atoms with Crippen molar-refractivity contribution in [2.75, 3.05) is 9.80 Å². The van der Waals surface area contributed by atoms with Crippen LogP contribution in [0.25, 0.3) is 0 Å². The molecular weight excluding hydrogens is 586 g/mol. The third-order valence-corrected chi connectivity index (χ3v) is 10.2. The van der Waals surface area contributed by atoms with Crippen molar-refractivity contribution in [3.63, 3.8) is 0 Å². The van der Waals surface area contributed by atoms with Gasteiger partial charge in [0.15, 0.2) is 0 Å². The number of non-ortho nitro benzene ring substituents is 1. The topological polar surface area (TPSA) is 138 Å². The Morgan fingerprint density at radius 2 is 1.61 bits per heavy atom. The summed E-state index contributed by atoms with van der Waals surface area (Å²) in [6.45, 7) is 1.76. The highest BCUT2D eigenvalue weighted by molar-refractivity contribution is 6.32. The number of benzene rings is 3. The van der Waals surface area contributed by atoms with Gasteiger partial charge in [0.2, 0.25) is 23.6 Å². The van der Waals surface area contributed by atoms with Gasteiger partial charge < -0.3 is 5.11 Å². The molecule has 0 spiro atoms. The van der Waals surface area contributed by atoms with Gasteiger partial charge in [-0.15, -0.1) is 0 Å². The fourth-order valence-corrected chi connectivity index (χ4v) is 8.22. The Bertz CT molecular complexity index is 1820. The number of phenols is 1. The Labute approximate surface area is 256 Å². The Kier molecular flexibility index (Phi) is 6.26. The molecule has 6 atom stereocenters. The smallest absolute Gasteiger partial charge is 0.271 e. The van der Waals surface area contributed by atoms with Gasteiger partial charge in [-0.2, -0.15) is 0 Å². The molecular formula is C33H26ClN3O7. The largest absolute Gasteiger partial charge is 0.508 e. The monoisotopic (exact) mass is 611 g/mol. The summed E-state index contributed by atoms with van der Waals surface area (Å²) in [5.41, 5.74) is 0.321. The first kappa shape index (κ1) is 28.0. The van der Waals surface area contributed by atoms with Crippen LogP contribution in [0.1, 0.15) is 31.2 Å². The zero-order chi connectivity index (χ0) is 31.1. The summed E-state index contributed by atoms with van der Waals surface area (Å²) in [5.74, 6) is -5.48. The van der Waals surface area contributed by atoms with Crippen molar-refractivity contribution in [2.45, 2.75) is 25.7 Å². The van der Waals surface area contributed by atoms with Crippen LogP contribution in [0.5, 0.6) is 5.75 Å². The number of anilines is 2. The van der Waals surface area contributed by atoms with Crippen molar-refractivity contribution in [1.82, 2.24) is 0 Å². The van der Waals surface area contributed by atoms with Crippen molar-refractivity contribution in [1.29, 1.82) is 0 Å². The van der Waals surface area contributed by atoms with Crippen LogP contribution in [0.3, 0.4) is 0 Å². The molecule has 0 bridgehead atoms. The van der Waals surface area contributed by atoms with Crippen molar-refractivity contribution in [3.8, 4) is 5.75 Å². The molecule has 2 aliphatic carbocycles. The standard InChI is InChI=1S/C33H26ClN3O7/c1-33-25(30(40)36(32(33)42)17-6-3-2-4-7-17)16-24-21(28(33)22-11-10-20(38)15-26(22)34)12-13-23-27(24)31(41)35(29(23)39)18-8-5-9-19(14-18)37(43)44/h2-12,14-15,23-25,27-28,38H,13,16H2,1H3/t23-,24+,25-,27-,28+,33+/m0/s1. The molecule has 2 saturated heterocycles. The van der Waals surface area contributed by atoms with Gasteiger partial charge in [-0.1, -0.05) is 53.6 Å². The van der Waals surface area contributed by atoms with Gasteiger partial charge in [-0.25, -0.2) is 9.80 Å². The van der Waals surface area contributed by atoms with Gasteiger partial charge >= 0.3 is 0 Å². The van der Waals surface area contributed by atoms with Gasteiger partial charge in [0.25, 0.3) is 5.69 Å². The van der Waals surface area contributed by atoms with Gasteiger partial charge in [-0.3, -0.25) is 29.3 Å². The first-order chi connectivity index (χ1) is 21.0. The first-order valence-electron chi connectivity index (χ1n) is 14.3. The zero-order valence-corrected chi connectivity index (χ0v) is 24.2. The fourth-order valence-electron chi connectivity index (χ4n) is 7.93. The zero-order valence-electron chi connectivity index (χ0n) is 23.4. The van der Waals surface area contributed by atoms with Crippen LogP contribution in [0.2, 0.25) is 5.02 Å². The second kappa shape index (κ2) is 9.85. The highest BCUT2D eigenvalue weighted by Gasteiger charge is 2.67. The third-order valence-electron chi connectivity index (χ3n) is 9.88. The summed E-state index contributed by atoms with van der Waals surface area (Å²) >= 11 is 6.71. The molecule has 1 N–H and O–H groups in total. The number of nitrogens with zero attached hydrogens (tertiary/aromatic N) is 3. The summed E-state index contributed by atoms with van der Waals surface area (Å²) in [7, 11) is 0. The molecule has 4 aliphatic rings. The van der Waals surface area contributed by atoms with E-state index >= 15 is 0 Å². The predicted octanol–water partition coefficient (Wildman–Crippen LogP) is 5.39. The molecule has 0 unspecified atom stereocenters. The van der Waals surface area contributed by atoms with E-state index in [1.165, 1.54) is 41.3 Å². The Hall–Kier alpha value is -4.83. The highest BCUT2D eigenvalue weighted by Crippen LogP contribution is 2.64. The van der Waals surface area contributed by atoms with Crippen LogP contribution in [-0.2, 0) is 19.2 Å². The SMILES string of the molecule is C[C@@]12C(=O)N(c3ccccc3)C(=O)[C@@H]1C[C@@H]1C(=CC[C@@H]3C(=O)N(c4cccc([N+](=O)[O-])c4)C(=O)[C@@H]31)[C@@H]2c1ccc(O)cc1Cl. The summed E-state index contributed by atoms with van der Waals surface area (Å²) in [6, 6.07) is 18.6. The van der Waals surface area contributed by atoms with Crippen LogP contribution >= 0.6 is 11.6 Å². The van der Waals surface area contributed by atoms with Crippen LogP contribution < -0.4 is 9.80 Å². The van der Waals surface area contributed by atoms with Gasteiger partial charge in [0.05, 0.1) is 39.5 Å². The highest BCUT2D eigenvalue weighted by atomic mass is 35.5. The maximum atomic E-state index is 14.4. The van der Waals surface area contributed by atoms with E-state index in [0.717, 1.165) is 10.5 Å². The molecule has 0 aromatic heterocycles. The third kappa shape index (κ3) is 3.80. The lowest BCUT2D eigenvalue weighted by atomic mass is 9.51. The molecule has 3 aromatic rings. The molecule has 1 saturated carbocycles. The van der Waals surface area contributed by atoms with Crippen LogP contribution in [-0.4, -0.2) is 33.7 Å². The lowest BCUT2D eigenvalue weighted by Crippen LogP contribution is -2.49. The molecule has 10 nitrogen and oxygen atoms in total. The number of halogens is 1. The second-order valence-electron chi connectivity index (χ2n) is 12.0. The molecule has 0 radical (unpaired) electrons. The minimum Gasteiger partial charge on any atom is -0.508 e. The van der Waals surface area contributed by atoms with E-state index in [-0.39, 0.29) is 40.9 Å². The number of allylic oxidation sites excluding steroid dienone is 2. The summed E-state index contributed by atoms with van der Waals surface area (Å²) in [4.78, 5) is 69.5. The Morgan fingerprint density at radius 1 is 0.886 bits per heavy atom. The second-order valence-corrected chi connectivity index (χ2v) is 12.4. The minimum atomic E-state index is -1.27. The molecule has 7 rings (SSSR count). The lowest BCUT2D eigenvalue weighted by molar-refractivity contribution is -0.384. The Morgan fingerprint density at radius 3 is 2.32 bits per heavy atom. The van der Waals surface area contributed by atoms with Gasteiger partial charge in [-0.05, 0) is 61.6 Å². The first-order valence-corrected chi connectivity index (χ1v) is 14.7. The molecule has 44 heavy (non-hydrogen) atoms. The van der Waals surface area contributed by atoms with Crippen molar-refractivity contribution < 1.29 is 29.2 Å². The number of phenolic OH excluding ortho intramolecular Hbond substituents is 1. The number of carbonyl (C=O) groups is 4. The van der Waals surface area contributed by atoms with Gasteiger partial charge in [0, 0.05) is 23.1 Å². The number of rotatable bonds is 4. The maximum absolute atomic E-state index is 14.4. The van der Waals surface area contributed by atoms with Crippen LogP contribution in [0.4, 0.5) is 17.1 Å². The van der Waals surface area contributed by atoms with E-state index in [2.05, 4.69) is 0 Å². The Balaban J connectivity index is 1.36. The molecule has 3 aromatic carbocycles. The molecule has 4 amide bonds. The van der Waals surface area contributed by atoms with E-state index < -0.39 is 57.6 Å². The predicted molar refractivity (Wildman–Crippen MR) is 160 cm³/mol. The molecule has 2 heterocycles. The van der Waals surface area contributed by atoms with E-state index in [0.29, 0.717) is 11.3 Å². The number of nitro groups is 1. The summed E-state index contributed by atoms with van der Waals surface area (Å²) < 4.78 is 0. The lowest BCUT2D eigenvalue weighted by Gasteiger charge is -2.49. The number of nitro benzene ring substituents is 1. The molecule has 11 heteroatoms. The molecule has 222 valence electrons. The molecule has 3 fully saturated rings. The summed E-state index contributed by atoms with van der Waals surface area (Å²) in [5, 5.41) is 21.8. The van der Waals surface area contributed by atoms with Crippen LogP contribution in [0.15, 0.2) is 84.4 Å². The number of hydrogen-bond acceptors (Lipinski definition) is 7. The van der Waals surface area contributed by atoms with E-state index in [4.69, 9.17) is 11.6 Å². The van der Waals surface area contributed by atoms with E-state index in [1.807, 2.05) is 6.08 Å². The normalized spacial score (nSPS) is 29.3. The van der Waals surface area contributed by atoms with Gasteiger partial charge in [0.1, 0.15) is 5.75 Å².